The Kier molecular flexibility index (Phi) is 163. The van der Waals surface area contributed by atoms with E-state index in [1.807, 2.05) is 6.92 Å². The predicted molar refractivity (Wildman–Crippen MR) is 19.8 cm³/mol. The minimum absolute atomic E-state index is 0. The summed E-state index contributed by atoms with van der Waals surface area (Å²) >= 11 is 0. The third kappa shape index (κ3) is 49.9. The van der Waals surface area contributed by atoms with Crippen molar-refractivity contribution in [1.29, 1.82) is 0 Å². The fraction of sp³-hybridized carbons (Fsp3) is 1.00. The summed E-state index contributed by atoms with van der Waals surface area (Å²) in [6, 6.07) is 0. The van der Waals surface area contributed by atoms with Crippen molar-refractivity contribution in [1.82, 2.24) is 0 Å². The minimum atomic E-state index is 0. The van der Waals surface area contributed by atoms with Gasteiger partial charge < -0.3 is 42.5 Å². The molecule has 0 aromatic heterocycles. The van der Waals surface area contributed by atoms with Gasteiger partial charge in [0.2, 0.25) is 0 Å². The molecule has 5 heteroatoms. The normalized spacial score (nSPS) is 3.75. The van der Waals surface area contributed by atoms with Crippen LogP contribution in [0.5, 0.6) is 0 Å². The number of halogens is 3. The molecule has 0 heterocycles. The van der Waals surface area contributed by atoms with Crippen LogP contribution in [-0.2, 0) is 21.7 Å². The zero-order valence-electron chi connectivity index (χ0n) is 4.79. The van der Waals surface area contributed by atoms with Crippen LogP contribution in [0.25, 0.3) is 5.32 Å². The molecule has 0 radical (unpaired) electrons. The average Bonchev–Trinajstić information content (AvgIpc) is 1.37. The third-order valence-corrected chi connectivity index (χ3v) is 0.316. The first-order chi connectivity index (χ1) is 1.91. The van der Waals surface area contributed by atoms with Gasteiger partial charge in [-0.1, -0.05) is 6.92 Å². The molecule has 0 N–H and O–H groups in total. The van der Waals surface area contributed by atoms with E-state index in [9.17, 15) is 0 Å². The van der Waals surface area contributed by atoms with E-state index in [1.165, 1.54) is 0 Å². The van der Waals surface area contributed by atoms with Crippen LogP contribution in [0.15, 0.2) is 0 Å². The number of hydrogen-bond acceptors (Lipinski definition) is 0. The predicted octanol–water partition coefficient (Wildman–Crippen LogP) is -7.98. The van der Waals surface area contributed by atoms with Gasteiger partial charge in [-0.2, -0.15) is 13.6 Å². The molecule has 0 amide bonds. The molecule has 0 aliphatic carbocycles. The first kappa shape index (κ1) is 33.7. The zero-order chi connectivity index (χ0) is 3.41. The van der Waals surface area contributed by atoms with Crippen LogP contribution in [0.4, 0.5) is 0 Å². The molecule has 0 unspecified atom stereocenters. The van der Waals surface area contributed by atoms with Gasteiger partial charge in [-0.05, 0) is 0 Å². The van der Waals surface area contributed by atoms with E-state index in [4.69, 9.17) is 0 Å². The second-order valence-electron chi connectivity index (χ2n) is 0.632. The van der Waals surface area contributed by atoms with Crippen LogP contribution in [-0.4, -0.2) is 13.6 Å². The van der Waals surface area contributed by atoms with Crippen LogP contribution in [0.2, 0.25) is 0 Å². The van der Waals surface area contributed by atoms with Crippen LogP contribution in [0.3, 0.4) is 0 Å². The van der Waals surface area contributed by atoms with E-state index in [0.717, 1.165) is 6.54 Å². The molecule has 0 saturated carbocycles. The summed E-state index contributed by atoms with van der Waals surface area (Å²) in [4.78, 5) is 0. The second-order valence-corrected chi connectivity index (χ2v) is 0.632. The Morgan fingerprint density at radius 2 is 1.25 bits per heavy atom. The maximum Gasteiger partial charge on any atom is 4.00 e. The molecule has 0 bridgehead atoms. The largest absolute Gasteiger partial charge is 4.00 e. The first-order valence-electron chi connectivity index (χ1n) is 1.47. The SMILES string of the molecule is CC[N-]C.[Cl-].[Cl-].[Cl-].[Ti+4]. The Morgan fingerprint density at radius 1 is 1.12 bits per heavy atom. The molecule has 0 aromatic carbocycles. The summed E-state index contributed by atoms with van der Waals surface area (Å²) in [5, 5.41) is 3.74. The monoisotopic (exact) mass is 211 g/mol. The molecule has 1 nitrogen and oxygen atoms in total. The van der Waals surface area contributed by atoms with Gasteiger partial charge in [0.15, 0.2) is 0 Å². The fourth-order valence-electron chi connectivity index (χ4n) is 0. The van der Waals surface area contributed by atoms with Crippen molar-refractivity contribution in [2.24, 2.45) is 0 Å². The Morgan fingerprint density at radius 3 is 1.25 bits per heavy atom. The van der Waals surface area contributed by atoms with Gasteiger partial charge in [0, 0.05) is 0 Å². The molecule has 50 valence electrons. The molecule has 0 aliphatic heterocycles. The van der Waals surface area contributed by atoms with Crippen molar-refractivity contribution in [3.8, 4) is 0 Å². The van der Waals surface area contributed by atoms with Crippen molar-refractivity contribution in [2.45, 2.75) is 6.92 Å². The van der Waals surface area contributed by atoms with E-state index in [-0.39, 0.29) is 58.9 Å². The minimum Gasteiger partial charge on any atom is -1.00 e. The molecule has 8 heavy (non-hydrogen) atoms. The molecule has 0 rings (SSSR count). The van der Waals surface area contributed by atoms with E-state index in [0.29, 0.717) is 0 Å². The summed E-state index contributed by atoms with van der Waals surface area (Å²) in [6.45, 7) is 2.96. The van der Waals surface area contributed by atoms with Crippen LogP contribution in [0, 0.1) is 0 Å². The Hall–Kier alpha value is 1.54. The molecule has 0 aromatic rings. The average molecular weight is 212 g/mol. The quantitative estimate of drug-likeness (QED) is 0.383. The van der Waals surface area contributed by atoms with Crippen LogP contribution < -0.4 is 37.2 Å². The summed E-state index contributed by atoms with van der Waals surface area (Å²) < 4.78 is 0. The summed E-state index contributed by atoms with van der Waals surface area (Å²) in [5.74, 6) is 0. The summed E-state index contributed by atoms with van der Waals surface area (Å²) in [5.41, 5.74) is 0. The smallest absolute Gasteiger partial charge is 1.00 e. The van der Waals surface area contributed by atoms with Crippen LogP contribution >= 0.6 is 0 Å². The molecule has 0 fully saturated rings. The molecular formula is C3H8Cl3NTi. The van der Waals surface area contributed by atoms with Gasteiger partial charge >= 0.3 is 21.7 Å². The molecular weight excluding hydrogens is 204 g/mol. The zero-order valence-corrected chi connectivity index (χ0v) is 8.62. The van der Waals surface area contributed by atoms with Gasteiger partial charge in [0.05, 0.1) is 0 Å². The summed E-state index contributed by atoms with van der Waals surface area (Å²) in [7, 11) is 1.81. The van der Waals surface area contributed by atoms with Crippen molar-refractivity contribution in [3.63, 3.8) is 0 Å². The van der Waals surface area contributed by atoms with Crippen molar-refractivity contribution in [2.75, 3.05) is 13.6 Å². The van der Waals surface area contributed by atoms with Gasteiger partial charge in [-0.3, -0.25) is 0 Å². The maximum absolute atomic E-state index is 3.74. The molecule has 0 aliphatic rings. The number of rotatable bonds is 1. The van der Waals surface area contributed by atoms with E-state index < -0.39 is 0 Å². The maximum atomic E-state index is 3.74. The topological polar surface area (TPSA) is 14.1 Å². The van der Waals surface area contributed by atoms with Crippen molar-refractivity contribution >= 4 is 0 Å². The third-order valence-electron chi connectivity index (χ3n) is 0.316. The summed E-state index contributed by atoms with van der Waals surface area (Å²) in [6.07, 6.45) is 0. The number of nitrogens with zero attached hydrogens (tertiary/aromatic N) is 1. The second kappa shape index (κ2) is 38.7. The number of hydrogen-bond donors (Lipinski definition) is 0. The first-order valence-corrected chi connectivity index (χ1v) is 1.47. The van der Waals surface area contributed by atoms with E-state index in [2.05, 4.69) is 5.32 Å². The Bertz CT molecular complexity index is 16.5. The van der Waals surface area contributed by atoms with E-state index >= 15 is 0 Å². The molecule has 0 saturated heterocycles. The van der Waals surface area contributed by atoms with Gasteiger partial charge in [-0.25, -0.2) is 0 Å². The van der Waals surface area contributed by atoms with E-state index in [1.54, 1.807) is 7.05 Å². The van der Waals surface area contributed by atoms with Crippen molar-refractivity contribution in [3.05, 3.63) is 5.32 Å². The van der Waals surface area contributed by atoms with Gasteiger partial charge in [0.1, 0.15) is 0 Å². The fourth-order valence-corrected chi connectivity index (χ4v) is 0. The van der Waals surface area contributed by atoms with Crippen LogP contribution in [0.1, 0.15) is 6.92 Å². The Balaban J connectivity index is -0.00000000750. The molecule has 0 spiro atoms. The van der Waals surface area contributed by atoms with Crippen molar-refractivity contribution < 1.29 is 58.9 Å². The standard InChI is InChI=1S/C3H8N.3ClH.Ti/c1-3-4-2;;;;/h3H2,1-2H3;3*1H;/q-1;;;;+4/p-3. The van der Waals surface area contributed by atoms with Gasteiger partial charge in [0.25, 0.3) is 0 Å². The molecule has 0 atom stereocenters. The van der Waals surface area contributed by atoms with Gasteiger partial charge in [-0.15, -0.1) is 0 Å². The Labute approximate surface area is 84.5 Å².